The van der Waals surface area contributed by atoms with Crippen molar-refractivity contribution in [2.75, 3.05) is 26.8 Å². The Hall–Kier alpha value is -1.48. The van der Waals surface area contributed by atoms with Crippen molar-refractivity contribution in [1.29, 1.82) is 0 Å². The van der Waals surface area contributed by atoms with Crippen LogP contribution in [-0.4, -0.2) is 37.7 Å². The maximum Gasteiger partial charge on any atom is 0.127 e. The average molecular weight is 287 g/mol. The van der Waals surface area contributed by atoms with Crippen molar-refractivity contribution in [2.24, 2.45) is 5.92 Å². The summed E-state index contributed by atoms with van der Waals surface area (Å²) in [6, 6.07) is 6.52. The summed E-state index contributed by atoms with van der Waals surface area (Å²) < 4.78 is 11.4. The summed E-state index contributed by atoms with van der Waals surface area (Å²) in [6.45, 7) is 7.58. The standard InChI is InChI=1S/C18H25NO2/c1-4-8-19-11-13(5-2)9-15-16-10-14(20-3)6-7-18(16)21-12-17(15)19/h6-7,9-10,13,17H,4-5,8,11-12H2,1-3H3/t13-,17-/m1/s1. The topological polar surface area (TPSA) is 21.7 Å². The molecule has 0 radical (unpaired) electrons. The van der Waals surface area contributed by atoms with E-state index in [1.807, 2.05) is 12.1 Å². The van der Waals surface area contributed by atoms with Crippen LogP contribution in [0.25, 0.3) is 5.57 Å². The van der Waals surface area contributed by atoms with Crippen LogP contribution in [0, 0.1) is 5.92 Å². The van der Waals surface area contributed by atoms with Crippen molar-refractivity contribution < 1.29 is 9.47 Å². The van der Waals surface area contributed by atoms with Gasteiger partial charge >= 0.3 is 0 Å². The molecule has 114 valence electrons. The number of rotatable bonds is 4. The number of hydrogen-bond acceptors (Lipinski definition) is 3. The second-order valence-corrected chi connectivity index (χ2v) is 5.97. The molecule has 2 aliphatic rings. The van der Waals surface area contributed by atoms with Gasteiger partial charge in [0.2, 0.25) is 0 Å². The zero-order valence-corrected chi connectivity index (χ0v) is 13.3. The first-order valence-electron chi connectivity index (χ1n) is 8.03. The highest BCUT2D eigenvalue weighted by atomic mass is 16.5. The van der Waals surface area contributed by atoms with E-state index in [2.05, 4.69) is 30.9 Å². The van der Waals surface area contributed by atoms with Gasteiger partial charge in [0.15, 0.2) is 0 Å². The predicted octanol–water partition coefficient (Wildman–Crippen LogP) is 3.59. The smallest absolute Gasteiger partial charge is 0.127 e. The molecule has 0 amide bonds. The highest BCUT2D eigenvalue weighted by Crippen LogP contribution is 2.40. The van der Waals surface area contributed by atoms with E-state index in [0.29, 0.717) is 12.0 Å². The predicted molar refractivity (Wildman–Crippen MR) is 85.9 cm³/mol. The third-order valence-electron chi connectivity index (χ3n) is 4.61. The van der Waals surface area contributed by atoms with Crippen molar-refractivity contribution in [1.82, 2.24) is 4.90 Å². The molecule has 0 spiro atoms. The minimum Gasteiger partial charge on any atom is -0.497 e. The molecule has 1 aromatic carbocycles. The molecule has 0 aromatic heterocycles. The fourth-order valence-corrected chi connectivity index (χ4v) is 3.44. The zero-order chi connectivity index (χ0) is 14.8. The summed E-state index contributed by atoms with van der Waals surface area (Å²) >= 11 is 0. The van der Waals surface area contributed by atoms with Crippen LogP contribution in [0.2, 0.25) is 0 Å². The fraction of sp³-hybridized carbons (Fsp3) is 0.556. The number of nitrogens with zero attached hydrogens (tertiary/aromatic N) is 1. The van der Waals surface area contributed by atoms with Gasteiger partial charge in [-0.15, -0.1) is 0 Å². The van der Waals surface area contributed by atoms with Gasteiger partial charge in [-0.05, 0) is 49.1 Å². The number of fused-ring (bicyclic) bond motifs is 3. The molecule has 3 nitrogen and oxygen atoms in total. The van der Waals surface area contributed by atoms with Gasteiger partial charge < -0.3 is 9.47 Å². The lowest BCUT2D eigenvalue weighted by atomic mass is 9.86. The molecule has 0 N–H and O–H groups in total. The number of ether oxygens (including phenoxy) is 2. The summed E-state index contributed by atoms with van der Waals surface area (Å²) in [7, 11) is 1.72. The van der Waals surface area contributed by atoms with E-state index >= 15 is 0 Å². The minimum absolute atomic E-state index is 0.396. The summed E-state index contributed by atoms with van der Waals surface area (Å²) in [6.07, 6.45) is 4.85. The maximum atomic E-state index is 6.00. The lowest BCUT2D eigenvalue weighted by molar-refractivity contribution is 0.139. The van der Waals surface area contributed by atoms with Crippen LogP contribution in [0.5, 0.6) is 11.5 Å². The Morgan fingerprint density at radius 2 is 2.19 bits per heavy atom. The quantitative estimate of drug-likeness (QED) is 0.844. The van der Waals surface area contributed by atoms with E-state index in [1.54, 1.807) is 7.11 Å². The normalized spacial score (nSPS) is 24.6. The number of hydrogen-bond donors (Lipinski definition) is 0. The van der Waals surface area contributed by atoms with Crippen molar-refractivity contribution in [3.05, 3.63) is 29.8 Å². The Balaban J connectivity index is 2.01. The van der Waals surface area contributed by atoms with Gasteiger partial charge in [0.05, 0.1) is 13.2 Å². The first kappa shape index (κ1) is 14.5. The molecule has 3 heteroatoms. The van der Waals surface area contributed by atoms with Crippen LogP contribution in [-0.2, 0) is 0 Å². The minimum atomic E-state index is 0.396. The SMILES string of the molecule is CCCN1C[C@H](CC)C=C2c3cc(OC)ccc3OC[C@H]21. The van der Waals surface area contributed by atoms with E-state index < -0.39 is 0 Å². The second-order valence-electron chi connectivity index (χ2n) is 5.97. The fourth-order valence-electron chi connectivity index (χ4n) is 3.44. The molecular formula is C18H25NO2. The summed E-state index contributed by atoms with van der Waals surface area (Å²) in [4.78, 5) is 2.59. The zero-order valence-electron chi connectivity index (χ0n) is 13.3. The van der Waals surface area contributed by atoms with E-state index in [4.69, 9.17) is 9.47 Å². The molecule has 0 unspecified atom stereocenters. The van der Waals surface area contributed by atoms with Crippen LogP contribution in [0.1, 0.15) is 32.3 Å². The Morgan fingerprint density at radius 1 is 1.33 bits per heavy atom. The molecule has 0 fully saturated rings. The monoisotopic (exact) mass is 287 g/mol. The summed E-state index contributed by atoms with van der Waals surface area (Å²) in [5.41, 5.74) is 2.64. The largest absolute Gasteiger partial charge is 0.497 e. The van der Waals surface area contributed by atoms with Crippen molar-refractivity contribution in [3.63, 3.8) is 0 Å². The molecule has 0 saturated carbocycles. The molecule has 2 atom stereocenters. The van der Waals surface area contributed by atoms with Crippen LogP contribution in [0.3, 0.4) is 0 Å². The van der Waals surface area contributed by atoms with Crippen molar-refractivity contribution >= 4 is 5.57 Å². The molecule has 0 bridgehead atoms. The molecule has 1 aromatic rings. The van der Waals surface area contributed by atoms with Crippen LogP contribution < -0.4 is 9.47 Å². The van der Waals surface area contributed by atoms with Gasteiger partial charge in [0.25, 0.3) is 0 Å². The summed E-state index contributed by atoms with van der Waals surface area (Å²) in [5, 5.41) is 0. The van der Waals surface area contributed by atoms with Gasteiger partial charge in [0, 0.05) is 12.1 Å². The Morgan fingerprint density at radius 3 is 2.90 bits per heavy atom. The highest BCUT2D eigenvalue weighted by Gasteiger charge is 2.34. The van der Waals surface area contributed by atoms with E-state index in [-0.39, 0.29) is 0 Å². The highest BCUT2D eigenvalue weighted by molar-refractivity contribution is 5.77. The molecule has 3 rings (SSSR count). The van der Waals surface area contributed by atoms with Crippen LogP contribution in [0.4, 0.5) is 0 Å². The van der Waals surface area contributed by atoms with Gasteiger partial charge in [-0.2, -0.15) is 0 Å². The van der Waals surface area contributed by atoms with Gasteiger partial charge in [-0.3, -0.25) is 4.90 Å². The molecule has 21 heavy (non-hydrogen) atoms. The van der Waals surface area contributed by atoms with Crippen LogP contribution >= 0.6 is 0 Å². The first-order chi connectivity index (χ1) is 10.3. The Bertz CT molecular complexity index is 538. The number of benzene rings is 1. The van der Waals surface area contributed by atoms with Gasteiger partial charge in [-0.1, -0.05) is 19.9 Å². The summed E-state index contributed by atoms with van der Waals surface area (Å²) in [5.74, 6) is 2.53. The third kappa shape index (κ3) is 2.67. The average Bonchev–Trinajstić information content (AvgIpc) is 2.54. The van der Waals surface area contributed by atoms with Gasteiger partial charge in [-0.25, -0.2) is 0 Å². The van der Waals surface area contributed by atoms with E-state index in [9.17, 15) is 0 Å². The molecular weight excluding hydrogens is 262 g/mol. The van der Waals surface area contributed by atoms with Crippen molar-refractivity contribution in [2.45, 2.75) is 32.7 Å². The lowest BCUT2D eigenvalue weighted by Crippen LogP contribution is -2.47. The molecule has 0 saturated heterocycles. The van der Waals surface area contributed by atoms with E-state index in [1.165, 1.54) is 24.0 Å². The van der Waals surface area contributed by atoms with Gasteiger partial charge in [0.1, 0.15) is 18.1 Å². The molecule has 2 heterocycles. The molecule has 0 aliphatic carbocycles. The first-order valence-corrected chi connectivity index (χ1v) is 8.03. The Kier molecular flexibility index (Phi) is 4.20. The second kappa shape index (κ2) is 6.10. The van der Waals surface area contributed by atoms with Crippen LogP contribution in [0.15, 0.2) is 24.3 Å². The van der Waals surface area contributed by atoms with Crippen molar-refractivity contribution in [3.8, 4) is 11.5 Å². The Labute approximate surface area is 127 Å². The third-order valence-corrected chi connectivity index (χ3v) is 4.61. The van der Waals surface area contributed by atoms with E-state index in [0.717, 1.165) is 31.2 Å². The maximum absolute atomic E-state index is 6.00. The lowest BCUT2D eigenvalue weighted by Gasteiger charge is -2.42. The molecule has 2 aliphatic heterocycles. The number of methoxy groups -OCH3 is 1.